The summed E-state index contributed by atoms with van der Waals surface area (Å²) in [6.07, 6.45) is 2.28. The molecule has 0 aliphatic heterocycles. The van der Waals surface area contributed by atoms with Gasteiger partial charge >= 0.3 is 5.97 Å². The number of carbonyl (C=O) groups is 1. The van der Waals surface area contributed by atoms with E-state index < -0.39 is 0 Å². The smallest absolute Gasteiger partial charge is 0.323 e. The van der Waals surface area contributed by atoms with Crippen molar-refractivity contribution in [3.63, 3.8) is 0 Å². The lowest BCUT2D eigenvalue weighted by Gasteiger charge is -2.15. The van der Waals surface area contributed by atoms with Crippen molar-refractivity contribution in [1.29, 1.82) is 0 Å². The van der Waals surface area contributed by atoms with Gasteiger partial charge in [0.2, 0.25) is 0 Å². The lowest BCUT2D eigenvalue weighted by Crippen LogP contribution is -2.36. The van der Waals surface area contributed by atoms with E-state index in [0.29, 0.717) is 19.6 Å². The molecule has 0 amide bonds. The number of ether oxygens (including phenoxy) is 2. The van der Waals surface area contributed by atoms with Crippen molar-refractivity contribution in [1.82, 2.24) is 10.3 Å². The highest BCUT2D eigenvalue weighted by atomic mass is 16.5. The van der Waals surface area contributed by atoms with Gasteiger partial charge in [-0.2, -0.15) is 0 Å². The third-order valence-electron chi connectivity index (χ3n) is 3.18. The molecule has 0 saturated heterocycles. The first-order valence-electron chi connectivity index (χ1n) is 7.06. The van der Waals surface area contributed by atoms with Crippen molar-refractivity contribution < 1.29 is 14.3 Å². The molecule has 1 aromatic carbocycles. The molecule has 0 spiro atoms. The monoisotopic (exact) mass is 288 g/mol. The molecule has 0 radical (unpaired) electrons. The van der Waals surface area contributed by atoms with Gasteiger partial charge < -0.3 is 14.8 Å². The Hall–Kier alpha value is -2.14. The molecule has 5 heteroatoms. The lowest BCUT2D eigenvalue weighted by atomic mass is 10.2. The molecule has 0 aliphatic carbocycles. The van der Waals surface area contributed by atoms with E-state index in [2.05, 4.69) is 10.3 Å². The summed E-state index contributed by atoms with van der Waals surface area (Å²) >= 11 is 0. The Bertz CT molecular complexity index is 596. The Balaban J connectivity index is 1.97. The fourth-order valence-corrected chi connectivity index (χ4v) is 2.10. The van der Waals surface area contributed by atoms with Crippen LogP contribution in [0.15, 0.2) is 36.5 Å². The van der Waals surface area contributed by atoms with Crippen LogP contribution in [0.4, 0.5) is 0 Å². The number of hydrogen-bond donors (Lipinski definition) is 1. The van der Waals surface area contributed by atoms with Gasteiger partial charge in [0.1, 0.15) is 17.3 Å². The van der Waals surface area contributed by atoms with Gasteiger partial charge in [-0.05, 0) is 26.1 Å². The zero-order chi connectivity index (χ0) is 15.1. The van der Waals surface area contributed by atoms with E-state index in [1.54, 1.807) is 20.2 Å². The summed E-state index contributed by atoms with van der Waals surface area (Å²) in [5, 5.41) is 3.97. The second kappa shape index (κ2) is 7.59. The third kappa shape index (κ3) is 3.92. The van der Waals surface area contributed by atoms with Crippen LogP contribution in [-0.4, -0.2) is 37.3 Å². The maximum absolute atomic E-state index is 11.7. The van der Waals surface area contributed by atoms with E-state index in [4.69, 9.17) is 9.47 Å². The maximum Gasteiger partial charge on any atom is 0.323 e. The van der Waals surface area contributed by atoms with Crippen LogP contribution in [0.2, 0.25) is 0 Å². The van der Waals surface area contributed by atoms with Gasteiger partial charge in [-0.25, -0.2) is 0 Å². The molecule has 0 aliphatic rings. The average Bonchev–Trinajstić information content (AvgIpc) is 2.52. The van der Waals surface area contributed by atoms with Gasteiger partial charge in [-0.3, -0.25) is 9.78 Å². The van der Waals surface area contributed by atoms with E-state index >= 15 is 0 Å². The SMILES string of the molecule is CCOC(=O)C(CCOc1cccc2cccnc12)NC. The summed E-state index contributed by atoms with van der Waals surface area (Å²) < 4.78 is 10.8. The number of nitrogens with one attached hydrogen (secondary N) is 1. The summed E-state index contributed by atoms with van der Waals surface area (Å²) in [5.74, 6) is 0.478. The fraction of sp³-hybridized carbons (Fsp3) is 0.375. The molecule has 0 saturated carbocycles. The second-order valence-electron chi connectivity index (χ2n) is 4.56. The predicted octanol–water partition coefficient (Wildman–Crippen LogP) is 2.15. The Morgan fingerprint density at radius 3 is 2.90 bits per heavy atom. The predicted molar refractivity (Wildman–Crippen MR) is 81.3 cm³/mol. The summed E-state index contributed by atoms with van der Waals surface area (Å²) in [6, 6.07) is 9.33. The minimum absolute atomic E-state index is 0.250. The molecule has 1 aromatic heterocycles. The number of pyridine rings is 1. The van der Waals surface area contributed by atoms with Crippen molar-refractivity contribution in [2.75, 3.05) is 20.3 Å². The number of carbonyl (C=O) groups excluding carboxylic acids is 1. The number of fused-ring (bicyclic) bond motifs is 1. The number of rotatable bonds is 7. The Labute approximate surface area is 124 Å². The van der Waals surface area contributed by atoms with Crippen molar-refractivity contribution >= 4 is 16.9 Å². The lowest BCUT2D eigenvalue weighted by molar-refractivity contribution is -0.145. The van der Waals surface area contributed by atoms with Crippen LogP contribution >= 0.6 is 0 Å². The van der Waals surface area contributed by atoms with E-state index in [1.807, 2.05) is 30.3 Å². The summed E-state index contributed by atoms with van der Waals surface area (Å²) in [5.41, 5.74) is 0.831. The minimum Gasteiger partial charge on any atom is -0.491 e. The highest BCUT2D eigenvalue weighted by Gasteiger charge is 2.17. The van der Waals surface area contributed by atoms with Crippen LogP contribution < -0.4 is 10.1 Å². The number of esters is 1. The standard InChI is InChI=1S/C16H20N2O3/c1-3-20-16(19)13(17-2)9-11-21-14-8-4-6-12-7-5-10-18-15(12)14/h4-8,10,13,17H,3,9,11H2,1-2H3. The van der Waals surface area contributed by atoms with Crippen molar-refractivity contribution in [3.8, 4) is 5.75 Å². The van der Waals surface area contributed by atoms with Crippen LogP contribution in [0, 0.1) is 0 Å². The van der Waals surface area contributed by atoms with E-state index in [9.17, 15) is 4.79 Å². The van der Waals surface area contributed by atoms with Crippen LogP contribution in [0.25, 0.3) is 10.9 Å². The van der Waals surface area contributed by atoms with Gasteiger partial charge in [0, 0.05) is 18.0 Å². The molecule has 1 N–H and O–H groups in total. The van der Waals surface area contributed by atoms with Crippen molar-refractivity contribution in [3.05, 3.63) is 36.5 Å². The molecule has 21 heavy (non-hydrogen) atoms. The van der Waals surface area contributed by atoms with Crippen LogP contribution in [0.5, 0.6) is 5.75 Å². The zero-order valence-corrected chi connectivity index (χ0v) is 12.3. The van der Waals surface area contributed by atoms with Crippen molar-refractivity contribution in [2.45, 2.75) is 19.4 Å². The highest BCUT2D eigenvalue weighted by molar-refractivity contribution is 5.84. The highest BCUT2D eigenvalue weighted by Crippen LogP contribution is 2.23. The van der Waals surface area contributed by atoms with Gasteiger partial charge in [-0.1, -0.05) is 18.2 Å². The molecule has 0 fully saturated rings. The molecular weight excluding hydrogens is 268 g/mol. The van der Waals surface area contributed by atoms with Gasteiger partial charge in [-0.15, -0.1) is 0 Å². The Morgan fingerprint density at radius 2 is 2.14 bits per heavy atom. The molecule has 1 atom stereocenters. The fourth-order valence-electron chi connectivity index (χ4n) is 2.10. The first-order chi connectivity index (χ1) is 10.3. The quantitative estimate of drug-likeness (QED) is 0.791. The van der Waals surface area contributed by atoms with Crippen LogP contribution in [0.3, 0.4) is 0 Å². The number of para-hydroxylation sites is 1. The summed E-state index contributed by atoms with van der Waals surface area (Å²) in [7, 11) is 1.74. The molecule has 2 aromatic rings. The molecular formula is C16H20N2O3. The molecule has 1 heterocycles. The Kier molecular flexibility index (Phi) is 5.51. The van der Waals surface area contributed by atoms with E-state index in [0.717, 1.165) is 16.7 Å². The number of likely N-dealkylation sites (N-methyl/N-ethyl adjacent to an activating group) is 1. The molecule has 2 rings (SSSR count). The van der Waals surface area contributed by atoms with Gasteiger partial charge in [0.25, 0.3) is 0 Å². The number of aromatic nitrogens is 1. The summed E-state index contributed by atoms with van der Waals surface area (Å²) in [4.78, 5) is 16.0. The number of benzene rings is 1. The van der Waals surface area contributed by atoms with Crippen LogP contribution in [-0.2, 0) is 9.53 Å². The average molecular weight is 288 g/mol. The van der Waals surface area contributed by atoms with Crippen LogP contribution in [0.1, 0.15) is 13.3 Å². The Morgan fingerprint density at radius 1 is 1.33 bits per heavy atom. The number of hydrogen-bond acceptors (Lipinski definition) is 5. The normalized spacial score (nSPS) is 12.1. The summed E-state index contributed by atoms with van der Waals surface area (Å²) in [6.45, 7) is 2.59. The van der Waals surface area contributed by atoms with Crippen molar-refractivity contribution in [2.24, 2.45) is 0 Å². The first kappa shape index (κ1) is 15.3. The molecule has 1 unspecified atom stereocenters. The van der Waals surface area contributed by atoms with E-state index in [1.165, 1.54) is 0 Å². The maximum atomic E-state index is 11.7. The van der Waals surface area contributed by atoms with E-state index in [-0.39, 0.29) is 12.0 Å². The number of nitrogens with zero attached hydrogens (tertiary/aromatic N) is 1. The largest absolute Gasteiger partial charge is 0.491 e. The third-order valence-corrected chi connectivity index (χ3v) is 3.18. The molecule has 5 nitrogen and oxygen atoms in total. The van der Waals surface area contributed by atoms with Gasteiger partial charge in [0.15, 0.2) is 0 Å². The topological polar surface area (TPSA) is 60.5 Å². The second-order valence-corrected chi connectivity index (χ2v) is 4.56. The minimum atomic E-state index is -0.354. The van der Waals surface area contributed by atoms with Gasteiger partial charge in [0.05, 0.1) is 13.2 Å². The molecule has 0 bridgehead atoms. The molecule has 112 valence electrons. The zero-order valence-electron chi connectivity index (χ0n) is 12.3. The first-order valence-corrected chi connectivity index (χ1v) is 7.06.